The first-order chi connectivity index (χ1) is 15.2. The van der Waals surface area contributed by atoms with Crippen LogP contribution in [0.2, 0.25) is 5.02 Å². The van der Waals surface area contributed by atoms with Gasteiger partial charge in [0.05, 0.1) is 17.5 Å². The van der Waals surface area contributed by atoms with Crippen LogP contribution in [0.5, 0.6) is 0 Å². The number of benzene rings is 3. The van der Waals surface area contributed by atoms with E-state index in [1.54, 1.807) is 36.4 Å². The number of carbonyl (C=O) groups excluding carboxylic acids is 1. The van der Waals surface area contributed by atoms with Crippen molar-refractivity contribution in [2.45, 2.75) is 24.4 Å². The SMILES string of the molecule is C[C@@H](NC(=O)CN(Cc1ccccc1Cl)S(=O)(=O)c1ccc(Br)cc1)c1ccc(Br)cc1. The highest BCUT2D eigenvalue weighted by atomic mass is 79.9. The fraction of sp³-hybridized carbons (Fsp3) is 0.174. The second-order valence-corrected chi connectivity index (χ2v) is 11.3. The van der Waals surface area contributed by atoms with Crippen molar-refractivity contribution in [2.24, 2.45) is 0 Å². The quantitative estimate of drug-likeness (QED) is 0.349. The third-order valence-electron chi connectivity index (χ3n) is 4.82. The largest absolute Gasteiger partial charge is 0.348 e. The Morgan fingerprint density at radius 2 is 1.53 bits per heavy atom. The Kier molecular flexibility index (Phi) is 8.52. The summed E-state index contributed by atoms with van der Waals surface area (Å²) in [5.41, 5.74) is 1.53. The van der Waals surface area contributed by atoms with E-state index in [2.05, 4.69) is 37.2 Å². The highest BCUT2D eigenvalue weighted by Crippen LogP contribution is 2.24. The number of carbonyl (C=O) groups is 1. The maximum atomic E-state index is 13.4. The summed E-state index contributed by atoms with van der Waals surface area (Å²) < 4.78 is 29.6. The van der Waals surface area contributed by atoms with Gasteiger partial charge in [-0.3, -0.25) is 4.79 Å². The van der Waals surface area contributed by atoms with Crippen LogP contribution in [-0.2, 0) is 21.4 Å². The van der Waals surface area contributed by atoms with Gasteiger partial charge in [0.1, 0.15) is 0 Å². The van der Waals surface area contributed by atoms with E-state index in [0.29, 0.717) is 10.6 Å². The Bertz CT molecular complexity index is 1190. The molecule has 1 atom stereocenters. The molecule has 0 radical (unpaired) electrons. The van der Waals surface area contributed by atoms with Gasteiger partial charge in [0.15, 0.2) is 0 Å². The number of nitrogens with zero attached hydrogens (tertiary/aromatic N) is 1. The maximum Gasteiger partial charge on any atom is 0.243 e. The molecule has 0 aliphatic carbocycles. The molecule has 0 saturated carbocycles. The van der Waals surface area contributed by atoms with Gasteiger partial charge >= 0.3 is 0 Å². The smallest absolute Gasteiger partial charge is 0.243 e. The van der Waals surface area contributed by atoms with Gasteiger partial charge in [-0.25, -0.2) is 8.42 Å². The van der Waals surface area contributed by atoms with Crippen molar-refractivity contribution in [3.05, 3.63) is 97.9 Å². The zero-order valence-corrected chi connectivity index (χ0v) is 21.9. The first kappa shape index (κ1) is 24.9. The molecule has 0 aromatic heterocycles. The summed E-state index contributed by atoms with van der Waals surface area (Å²) in [6, 6.07) is 20.6. The molecule has 0 aliphatic heterocycles. The number of hydrogen-bond donors (Lipinski definition) is 1. The van der Waals surface area contributed by atoms with Crippen LogP contribution in [0.4, 0.5) is 0 Å². The molecule has 0 fully saturated rings. The fourth-order valence-corrected chi connectivity index (χ4v) is 5.18. The van der Waals surface area contributed by atoms with Gasteiger partial charge in [-0.2, -0.15) is 4.31 Å². The zero-order chi connectivity index (χ0) is 23.3. The van der Waals surface area contributed by atoms with Crippen LogP contribution in [0.15, 0.2) is 86.6 Å². The summed E-state index contributed by atoms with van der Waals surface area (Å²) in [5.74, 6) is -0.409. The summed E-state index contributed by atoms with van der Waals surface area (Å²) >= 11 is 13.0. The van der Waals surface area contributed by atoms with E-state index >= 15 is 0 Å². The monoisotopic (exact) mass is 598 g/mol. The fourth-order valence-electron chi connectivity index (χ4n) is 3.08. The number of sulfonamides is 1. The Balaban J connectivity index is 1.84. The van der Waals surface area contributed by atoms with Gasteiger partial charge in [-0.05, 0) is 60.5 Å². The summed E-state index contributed by atoms with van der Waals surface area (Å²) in [4.78, 5) is 12.9. The molecule has 0 unspecified atom stereocenters. The van der Waals surface area contributed by atoms with Crippen LogP contribution in [0, 0.1) is 0 Å². The Morgan fingerprint density at radius 1 is 0.969 bits per heavy atom. The predicted molar refractivity (Wildman–Crippen MR) is 134 cm³/mol. The minimum absolute atomic E-state index is 0.0296. The van der Waals surface area contributed by atoms with Crippen molar-refractivity contribution >= 4 is 59.4 Å². The highest BCUT2D eigenvalue weighted by molar-refractivity contribution is 9.10. The summed E-state index contributed by atoms with van der Waals surface area (Å²) in [5, 5.41) is 3.32. The summed E-state index contributed by atoms with van der Waals surface area (Å²) in [6.07, 6.45) is 0. The minimum Gasteiger partial charge on any atom is -0.348 e. The van der Waals surface area contributed by atoms with E-state index < -0.39 is 15.9 Å². The lowest BCUT2D eigenvalue weighted by atomic mass is 10.1. The molecule has 3 aromatic rings. The van der Waals surface area contributed by atoms with Crippen LogP contribution >= 0.6 is 43.5 Å². The topological polar surface area (TPSA) is 66.5 Å². The molecular weight excluding hydrogens is 580 g/mol. The van der Waals surface area contributed by atoms with Gasteiger partial charge in [0.2, 0.25) is 15.9 Å². The molecular formula is C23H21Br2ClN2O3S. The molecule has 168 valence electrons. The third kappa shape index (κ3) is 6.42. The zero-order valence-electron chi connectivity index (χ0n) is 17.1. The molecule has 3 aromatic carbocycles. The summed E-state index contributed by atoms with van der Waals surface area (Å²) in [6.45, 7) is 1.48. The van der Waals surface area contributed by atoms with E-state index in [9.17, 15) is 13.2 Å². The predicted octanol–water partition coefficient (Wildman–Crippen LogP) is 5.93. The lowest BCUT2D eigenvalue weighted by Gasteiger charge is -2.24. The minimum atomic E-state index is -3.95. The second kappa shape index (κ2) is 10.9. The molecule has 0 aliphatic rings. The number of halogens is 3. The van der Waals surface area contributed by atoms with Gasteiger partial charge < -0.3 is 5.32 Å². The summed E-state index contributed by atoms with van der Waals surface area (Å²) in [7, 11) is -3.95. The first-order valence-corrected chi connectivity index (χ1v) is 13.1. The van der Waals surface area contributed by atoms with Crippen LogP contribution in [0.1, 0.15) is 24.1 Å². The standard InChI is InChI=1S/C23H21Br2ClN2O3S/c1-16(17-6-8-19(24)9-7-17)27-23(29)15-28(14-18-4-2-3-5-22(18)26)32(30,31)21-12-10-20(25)11-13-21/h2-13,16H,14-15H2,1H3,(H,27,29)/t16-/m1/s1. The molecule has 5 nitrogen and oxygen atoms in total. The average molecular weight is 601 g/mol. The normalized spacial score (nSPS) is 12.5. The lowest BCUT2D eigenvalue weighted by Crippen LogP contribution is -2.41. The molecule has 32 heavy (non-hydrogen) atoms. The number of amides is 1. The first-order valence-electron chi connectivity index (χ1n) is 9.71. The van der Waals surface area contributed by atoms with Crippen LogP contribution in [0.25, 0.3) is 0 Å². The van der Waals surface area contributed by atoms with Gasteiger partial charge in [-0.1, -0.05) is 73.8 Å². The second-order valence-electron chi connectivity index (χ2n) is 7.16. The van der Waals surface area contributed by atoms with Gasteiger partial charge in [0, 0.05) is 20.5 Å². The van der Waals surface area contributed by atoms with E-state index in [0.717, 1.165) is 18.8 Å². The van der Waals surface area contributed by atoms with Crippen LogP contribution < -0.4 is 5.32 Å². The average Bonchev–Trinajstić information content (AvgIpc) is 2.75. The van der Waals surface area contributed by atoms with Crippen molar-refractivity contribution < 1.29 is 13.2 Å². The molecule has 0 bridgehead atoms. The Morgan fingerprint density at radius 3 is 2.12 bits per heavy atom. The highest BCUT2D eigenvalue weighted by Gasteiger charge is 2.28. The molecule has 1 N–H and O–H groups in total. The van der Waals surface area contributed by atoms with Gasteiger partial charge in [0.25, 0.3) is 0 Å². The molecule has 0 saturated heterocycles. The Labute approximate surface area is 210 Å². The maximum absolute atomic E-state index is 13.4. The molecule has 0 heterocycles. The number of rotatable bonds is 8. The van der Waals surface area contributed by atoms with E-state index in [-0.39, 0.29) is 24.0 Å². The molecule has 0 spiro atoms. The van der Waals surface area contributed by atoms with E-state index in [4.69, 9.17) is 11.6 Å². The van der Waals surface area contributed by atoms with Crippen molar-refractivity contribution in [2.75, 3.05) is 6.54 Å². The van der Waals surface area contributed by atoms with Gasteiger partial charge in [-0.15, -0.1) is 0 Å². The van der Waals surface area contributed by atoms with Crippen molar-refractivity contribution in [1.29, 1.82) is 0 Å². The van der Waals surface area contributed by atoms with Crippen LogP contribution in [-0.4, -0.2) is 25.2 Å². The van der Waals surface area contributed by atoms with Crippen molar-refractivity contribution in [3.8, 4) is 0 Å². The molecule has 1 amide bonds. The third-order valence-corrected chi connectivity index (χ3v) is 8.06. The molecule has 3 rings (SSSR count). The Hall–Kier alpha value is -1.71. The van der Waals surface area contributed by atoms with E-state index in [1.807, 2.05) is 31.2 Å². The number of nitrogens with one attached hydrogen (secondary N) is 1. The lowest BCUT2D eigenvalue weighted by molar-refractivity contribution is -0.122. The molecule has 9 heteroatoms. The van der Waals surface area contributed by atoms with E-state index in [1.165, 1.54) is 12.1 Å². The van der Waals surface area contributed by atoms with Crippen molar-refractivity contribution in [3.63, 3.8) is 0 Å². The van der Waals surface area contributed by atoms with Crippen LogP contribution in [0.3, 0.4) is 0 Å². The number of hydrogen-bond acceptors (Lipinski definition) is 3. The van der Waals surface area contributed by atoms with Crippen molar-refractivity contribution in [1.82, 2.24) is 9.62 Å².